The Hall–Kier alpha value is -4.15. The first-order valence-corrected chi connectivity index (χ1v) is 18.0. The van der Waals surface area contributed by atoms with Gasteiger partial charge in [-0.2, -0.15) is 0 Å². The summed E-state index contributed by atoms with van der Waals surface area (Å²) in [6, 6.07) is 14.2. The summed E-state index contributed by atoms with van der Waals surface area (Å²) in [5.74, 6) is 3.14. The summed E-state index contributed by atoms with van der Waals surface area (Å²) >= 11 is 0. The van der Waals surface area contributed by atoms with Crippen molar-refractivity contribution >= 4 is 21.8 Å². The van der Waals surface area contributed by atoms with Gasteiger partial charge in [-0.25, -0.2) is 22.2 Å². The number of benzene rings is 3. The molecule has 3 N–H and O–H groups in total. The molecule has 2 unspecified atom stereocenters. The number of aliphatic hydroxyl groups excluding tert-OH is 1. The van der Waals surface area contributed by atoms with Gasteiger partial charge in [-0.05, 0) is 80.6 Å². The van der Waals surface area contributed by atoms with Crippen LogP contribution in [0.4, 0.5) is 8.78 Å². The smallest absolute Gasteiger partial charge is 0.253 e. The van der Waals surface area contributed by atoms with Crippen molar-refractivity contribution < 1.29 is 31.9 Å². The number of unbranched alkanes of at least 4 members (excludes halogenated alkanes) is 1. The molecule has 0 aliphatic carbocycles. The summed E-state index contributed by atoms with van der Waals surface area (Å²) in [4.78, 5) is 31.6. The number of hydrogen-bond donors (Lipinski definition) is 3. The van der Waals surface area contributed by atoms with Gasteiger partial charge in [0.05, 0.1) is 17.0 Å². The molecule has 0 saturated carbocycles. The zero-order valence-electron chi connectivity index (χ0n) is 28.5. The first-order chi connectivity index (χ1) is 23.4. The highest BCUT2D eigenvalue weighted by Crippen LogP contribution is 2.17. The summed E-state index contributed by atoms with van der Waals surface area (Å²) in [7, 11) is -4.01. The first-order valence-electron chi connectivity index (χ1n) is 16.5. The van der Waals surface area contributed by atoms with Gasteiger partial charge in [0.2, 0.25) is 0 Å². The highest BCUT2D eigenvalue weighted by molar-refractivity contribution is 7.89. The van der Waals surface area contributed by atoms with Gasteiger partial charge in [0, 0.05) is 48.9 Å². The Labute approximate surface area is 288 Å². The number of amides is 2. The Kier molecular flexibility index (Phi) is 15.4. The number of aliphatic hydroxyl groups is 1. The van der Waals surface area contributed by atoms with Gasteiger partial charge in [-0.15, -0.1) is 10.8 Å². The van der Waals surface area contributed by atoms with E-state index in [1.165, 1.54) is 29.3 Å². The topological polar surface area (TPSA) is 119 Å². The number of hydrogen-bond acceptors (Lipinski definition) is 6. The van der Waals surface area contributed by atoms with E-state index in [4.69, 9.17) is 0 Å². The Morgan fingerprint density at radius 3 is 2.10 bits per heavy atom. The molecule has 0 saturated heterocycles. The molecule has 9 nitrogen and oxygen atoms in total. The van der Waals surface area contributed by atoms with Gasteiger partial charge >= 0.3 is 0 Å². The van der Waals surface area contributed by atoms with Crippen molar-refractivity contribution in [2.45, 2.75) is 76.8 Å². The van der Waals surface area contributed by atoms with E-state index in [-0.39, 0.29) is 47.0 Å². The Morgan fingerprint density at radius 1 is 0.878 bits per heavy atom. The zero-order valence-corrected chi connectivity index (χ0v) is 29.3. The van der Waals surface area contributed by atoms with Crippen LogP contribution in [0.5, 0.6) is 0 Å². The fraction of sp³-hybridized carbons (Fsp3) is 0.405. The molecule has 49 heavy (non-hydrogen) atoms. The second kappa shape index (κ2) is 19.1. The third-order valence-corrected chi connectivity index (χ3v) is 9.03. The van der Waals surface area contributed by atoms with E-state index in [0.717, 1.165) is 37.5 Å². The molecule has 3 aromatic carbocycles. The lowest BCUT2D eigenvalue weighted by Crippen LogP contribution is -2.53. The van der Waals surface area contributed by atoms with Crippen molar-refractivity contribution in [2.75, 3.05) is 26.2 Å². The number of carbonyl (C=O) groups is 2. The molecular weight excluding hydrogens is 650 g/mol. The average molecular weight is 697 g/mol. The van der Waals surface area contributed by atoms with Gasteiger partial charge in [0.15, 0.2) is 0 Å². The van der Waals surface area contributed by atoms with Crippen LogP contribution in [0, 0.1) is 23.5 Å². The summed E-state index contributed by atoms with van der Waals surface area (Å²) in [5, 5.41) is 15.7. The molecule has 0 aliphatic rings. The summed E-state index contributed by atoms with van der Waals surface area (Å²) in [5.41, 5.74) is 0.990. The van der Waals surface area contributed by atoms with Crippen molar-refractivity contribution in [3.63, 3.8) is 0 Å². The van der Waals surface area contributed by atoms with E-state index >= 15 is 0 Å². The molecule has 2 atom stereocenters. The van der Waals surface area contributed by atoms with Crippen LogP contribution in [0.2, 0.25) is 0 Å². The molecular formula is C37H46F2N4O5S. The van der Waals surface area contributed by atoms with E-state index in [1.807, 2.05) is 20.8 Å². The summed E-state index contributed by atoms with van der Waals surface area (Å²) < 4.78 is 54.7. The first kappa shape index (κ1) is 39.3. The normalized spacial score (nSPS) is 12.6. The van der Waals surface area contributed by atoms with Gasteiger partial charge in [0.25, 0.3) is 21.8 Å². The fourth-order valence-electron chi connectivity index (χ4n) is 5.35. The van der Waals surface area contributed by atoms with Crippen LogP contribution in [0.1, 0.15) is 85.2 Å². The molecule has 0 aromatic heterocycles. The lowest BCUT2D eigenvalue weighted by atomic mass is 9.99. The number of rotatable bonds is 18. The van der Waals surface area contributed by atoms with Crippen LogP contribution in [-0.2, 0) is 16.4 Å². The van der Waals surface area contributed by atoms with Crippen molar-refractivity contribution in [3.05, 3.63) is 101 Å². The Balaban J connectivity index is 1.98. The van der Waals surface area contributed by atoms with Crippen LogP contribution in [-0.4, -0.2) is 73.6 Å². The minimum absolute atomic E-state index is 0.0305. The SMILES string of the molecule is CC#Cc1cc(C(=O)NC(Cc2cc(F)cc(F)c2)C(O)CN(CCCC)NS(=O)(=O)c2ccccc2)cc(C(=O)N(CCC)CCC)c1. The predicted octanol–water partition coefficient (Wildman–Crippen LogP) is 5.30. The second-order valence-electron chi connectivity index (χ2n) is 11.8. The Bertz CT molecular complexity index is 1700. The molecule has 0 radical (unpaired) electrons. The molecule has 2 amide bonds. The molecule has 0 fully saturated rings. The molecule has 0 bridgehead atoms. The number of sulfonamides is 1. The van der Waals surface area contributed by atoms with Gasteiger partial charge < -0.3 is 15.3 Å². The van der Waals surface area contributed by atoms with Crippen LogP contribution < -0.4 is 10.1 Å². The third kappa shape index (κ3) is 12.0. The molecule has 3 rings (SSSR count). The standard InChI is InChI=1S/C37H46F2N4O5S/c1-5-9-18-43(41-49(47,48)33-14-11-10-12-15-33)26-35(44)34(23-28-21-31(38)25-32(39)22-28)40-36(45)29-19-27(13-6-2)20-30(24-29)37(46)42(16-7-3)17-8-4/h10-12,14-15,19-22,24-25,34-35,41,44H,5,7-9,16-18,23,26H2,1-4H3,(H,40,45). The number of nitrogens with zero attached hydrogens (tertiary/aromatic N) is 2. The van der Waals surface area contributed by atoms with E-state index in [2.05, 4.69) is 22.0 Å². The van der Waals surface area contributed by atoms with Gasteiger partial charge in [-0.1, -0.05) is 51.3 Å². The lowest BCUT2D eigenvalue weighted by Gasteiger charge is -2.30. The van der Waals surface area contributed by atoms with Crippen molar-refractivity contribution in [2.24, 2.45) is 0 Å². The highest BCUT2D eigenvalue weighted by atomic mass is 32.2. The maximum atomic E-state index is 14.2. The van der Waals surface area contributed by atoms with Gasteiger partial charge in [-0.3, -0.25) is 9.59 Å². The number of halogens is 2. The lowest BCUT2D eigenvalue weighted by molar-refractivity contribution is 0.0614. The van der Waals surface area contributed by atoms with Crippen molar-refractivity contribution in [1.29, 1.82) is 0 Å². The largest absolute Gasteiger partial charge is 0.390 e. The van der Waals surface area contributed by atoms with E-state index in [0.29, 0.717) is 25.1 Å². The van der Waals surface area contributed by atoms with Crippen LogP contribution in [0.25, 0.3) is 0 Å². The minimum atomic E-state index is -4.01. The van der Waals surface area contributed by atoms with E-state index < -0.39 is 39.7 Å². The van der Waals surface area contributed by atoms with Crippen molar-refractivity contribution in [3.8, 4) is 11.8 Å². The van der Waals surface area contributed by atoms with Crippen LogP contribution >= 0.6 is 0 Å². The third-order valence-electron chi connectivity index (χ3n) is 7.64. The fourth-order valence-corrected chi connectivity index (χ4v) is 6.48. The van der Waals surface area contributed by atoms with Gasteiger partial charge in [0.1, 0.15) is 11.6 Å². The second-order valence-corrected chi connectivity index (χ2v) is 13.5. The number of carbonyl (C=O) groups excluding carboxylic acids is 2. The quantitative estimate of drug-likeness (QED) is 0.123. The number of nitrogens with one attached hydrogen (secondary N) is 2. The Morgan fingerprint density at radius 2 is 1.51 bits per heavy atom. The maximum absolute atomic E-state index is 14.2. The predicted molar refractivity (Wildman–Crippen MR) is 186 cm³/mol. The summed E-state index contributed by atoms with van der Waals surface area (Å²) in [6.07, 6.45) is 1.24. The molecule has 12 heteroatoms. The average Bonchev–Trinajstić information content (AvgIpc) is 3.06. The maximum Gasteiger partial charge on any atom is 0.253 e. The van der Waals surface area contributed by atoms with Crippen LogP contribution in [0.15, 0.2) is 71.6 Å². The summed E-state index contributed by atoms with van der Waals surface area (Å²) in [6.45, 7) is 8.57. The monoisotopic (exact) mass is 696 g/mol. The van der Waals surface area contributed by atoms with Crippen molar-refractivity contribution in [1.82, 2.24) is 20.1 Å². The zero-order chi connectivity index (χ0) is 36.0. The molecule has 264 valence electrons. The van der Waals surface area contributed by atoms with E-state index in [1.54, 1.807) is 36.1 Å². The van der Waals surface area contributed by atoms with Crippen LogP contribution in [0.3, 0.4) is 0 Å². The highest BCUT2D eigenvalue weighted by Gasteiger charge is 2.28. The molecule has 3 aromatic rings. The minimum Gasteiger partial charge on any atom is -0.390 e. The number of hydrazine groups is 1. The molecule has 0 spiro atoms. The molecule has 0 heterocycles. The van der Waals surface area contributed by atoms with E-state index in [9.17, 15) is 31.9 Å². The molecule has 0 aliphatic heterocycles.